The molecule has 2 aliphatic carbocycles. The van der Waals surface area contributed by atoms with E-state index in [1.807, 2.05) is 12.1 Å². The Morgan fingerprint density at radius 2 is 1.50 bits per heavy atom. The van der Waals surface area contributed by atoms with Crippen molar-refractivity contribution in [3.05, 3.63) is 46.5 Å². The highest BCUT2D eigenvalue weighted by atomic mass is 16.1. The fourth-order valence-electron chi connectivity index (χ4n) is 4.37. The second-order valence-electron chi connectivity index (χ2n) is 6.86. The van der Waals surface area contributed by atoms with Crippen LogP contribution in [0.2, 0.25) is 0 Å². The molecule has 1 N–H and O–H groups in total. The van der Waals surface area contributed by atoms with Gasteiger partial charge in [0, 0.05) is 27.8 Å². The van der Waals surface area contributed by atoms with Crippen LogP contribution >= 0.6 is 0 Å². The lowest BCUT2D eigenvalue weighted by Gasteiger charge is -2.38. The predicted octanol–water partition coefficient (Wildman–Crippen LogP) is 3.45. The topological polar surface area (TPSA) is 46.2 Å². The predicted molar refractivity (Wildman–Crippen MR) is 85.2 cm³/mol. The number of benzene rings is 1. The maximum Gasteiger partial charge on any atom is 0.190 e. The van der Waals surface area contributed by atoms with Crippen molar-refractivity contribution < 1.29 is 9.59 Å². The van der Waals surface area contributed by atoms with Crippen molar-refractivity contribution in [3.8, 4) is 0 Å². The molecule has 1 saturated carbocycles. The highest BCUT2D eigenvalue weighted by Gasteiger charge is 2.40. The average molecular weight is 295 g/mol. The first-order valence-corrected chi connectivity index (χ1v) is 8.36. The monoisotopic (exact) mass is 295 g/mol. The normalized spacial score (nSPS) is 24.0. The first-order valence-electron chi connectivity index (χ1n) is 8.36. The summed E-state index contributed by atoms with van der Waals surface area (Å²) in [6, 6.07) is 7.27. The summed E-state index contributed by atoms with van der Waals surface area (Å²) in [7, 11) is 0. The zero-order valence-corrected chi connectivity index (χ0v) is 12.8. The number of rotatable bonds is 0. The minimum atomic E-state index is 0.0392. The summed E-state index contributed by atoms with van der Waals surface area (Å²) in [5.74, 6) is 0.152. The first-order chi connectivity index (χ1) is 10.7. The number of hydrogen-bond donors (Lipinski definition) is 1. The maximum absolute atomic E-state index is 12.9. The molecule has 4 rings (SSSR count). The molecule has 0 radical (unpaired) electrons. The lowest BCUT2D eigenvalue weighted by molar-refractivity contribution is 0.0966. The van der Waals surface area contributed by atoms with Crippen LogP contribution in [0.3, 0.4) is 0 Å². The largest absolute Gasteiger partial charge is 0.311 e. The van der Waals surface area contributed by atoms with Gasteiger partial charge in [-0.25, -0.2) is 0 Å². The molecule has 1 fully saturated rings. The molecule has 0 bridgehead atoms. The lowest BCUT2D eigenvalue weighted by atomic mass is 9.74. The Bertz CT molecular complexity index is 680. The summed E-state index contributed by atoms with van der Waals surface area (Å²) in [6.07, 6.45) is 7.35. The Morgan fingerprint density at radius 1 is 0.864 bits per heavy atom. The van der Waals surface area contributed by atoms with Gasteiger partial charge in [-0.05, 0) is 32.2 Å². The van der Waals surface area contributed by atoms with Crippen LogP contribution in [0.25, 0.3) is 0 Å². The summed E-state index contributed by atoms with van der Waals surface area (Å²) in [5.41, 5.74) is 2.77. The Balaban J connectivity index is 1.78. The fraction of sp³-hybridized carbons (Fsp3) is 0.474. The molecule has 0 aromatic heterocycles. The Kier molecular flexibility index (Phi) is 3.26. The van der Waals surface area contributed by atoms with E-state index in [-0.39, 0.29) is 17.1 Å². The molecule has 1 spiro atoms. The number of nitrogens with one attached hydrogen (secondary N) is 1. The smallest absolute Gasteiger partial charge is 0.190 e. The van der Waals surface area contributed by atoms with E-state index in [0.717, 1.165) is 37.0 Å². The maximum atomic E-state index is 12.9. The van der Waals surface area contributed by atoms with Gasteiger partial charge in [-0.3, -0.25) is 9.59 Å². The van der Waals surface area contributed by atoms with E-state index in [4.69, 9.17) is 0 Å². The van der Waals surface area contributed by atoms with Gasteiger partial charge >= 0.3 is 0 Å². The van der Waals surface area contributed by atoms with Crippen molar-refractivity contribution in [3.63, 3.8) is 0 Å². The average Bonchev–Trinajstić information content (AvgIpc) is 2.74. The van der Waals surface area contributed by atoms with Crippen LogP contribution < -0.4 is 5.32 Å². The molecule has 3 aliphatic rings. The molecule has 1 heterocycles. The highest BCUT2D eigenvalue weighted by molar-refractivity contribution is 6.27. The Labute approximate surface area is 130 Å². The van der Waals surface area contributed by atoms with Crippen molar-refractivity contribution in [2.24, 2.45) is 0 Å². The van der Waals surface area contributed by atoms with E-state index < -0.39 is 0 Å². The highest BCUT2D eigenvalue weighted by Crippen LogP contribution is 2.40. The van der Waals surface area contributed by atoms with Crippen LogP contribution in [0, 0.1) is 0 Å². The number of Topliss-reactive ketones (excluding diaryl/α,β-unsaturated/α-hetero) is 2. The van der Waals surface area contributed by atoms with Crippen molar-refractivity contribution >= 4 is 11.6 Å². The molecule has 114 valence electrons. The quantitative estimate of drug-likeness (QED) is 0.797. The van der Waals surface area contributed by atoms with Gasteiger partial charge in [0.05, 0.1) is 0 Å². The fourth-order valence-corrected chi connectivity index (χ4v) is 4.37. The molecule has 0 atom stereocenters. The Morgan fingerprint density at radius 3 is 2.18 bits per heavy atom. The van der Waals surface area contributed by atoms with Crippen molar-refractivity contribution in [1.82, 2.24) is 5.32 Å². The molecule has 1 aromatic rings. The first kappa shape index (κ1) is 13.9. The Hall–Kier alpha value is -1.74. The minimum absolute atomic E-state index is 0.0392. The zero-order chi connectivity index (χ0) is 15.2. The molecule has 1 aromatic carbocycles. The molecule has 0 amide bonds. The van der Waals surface area contributed by atoms with Crippen molar-refractivity contribution in [1.29, 1.82) is 0 Å². The van der Waals surface area contributed by atoms with E-state index >= 15 is 0 Å². The van der Waals surface area contributed by atoms with Crippen molar-refractivity contribution in [2.75, 3.05) is 6.54 Å². The number of ketones is 2. The van der Waals surface area contributed by atoms with Gasteiger partial charge in [-0.1, -0.05) is 43.5 Å². The van der Waals surface area contributed by atoms with E-state index in [1.165, 1.54) is 19.3 Å². The van der Waals surface area contributed by atoms with Gasteiger partial charge in [-0.2, -0.15) is 0 Å². The molecular formula is C19H21NO2. The zero-order valence-electron chi connectivity index (χ0n) is 12.8. The van der Waals surface area contributed by atoms with Crippen LogP contribution in [-0.2, 0) is 0 Å². The van der Waals surface area contributed by atoms with Gasteiger partial charge in [0.1, 0.15) is 0 Å². The number of hydrogen-bond acceptors (Lipinski definition) is 3. The van der Waals surface area contributed by atoms with E-state index in [1.54, 1.807) is 12.1 Å². The standard InChI is InChI=1S/C19H21NO2/c21-17-13-6-2-3-7-14(13)18(22)16-12-19(9-4-1-5-10-19)20-11-8-15(16)17/h2-3,6-7,20H,1,4-5,8-12H2. The summed E-state index contributed by atoms with van der Waals surface area (Å²) >= 11 is 0. The van der Waals surface area contributed by atoms with Gasteiger partial charge in [0.15, 0.2) is 11.6 Å². The van der Waals surface area contributed by atoms with E-state index in [9.17, 15) is 9.59 Å². The van der Waals surface area contributed by atoms with Gasteiger partial charge < -0.3 is 5.32 Å². The second kappa shape index (κ2) is 5.17. The van der Waals surface area contributed by atoms with Crippen LogP contribution in [0.15, 0.2) is 35.4 Å². The second-order valence-corrected chi connectivity index (χ2v) is 6.86. The van der Waals surface area contributed by atoms with Gasteiger partial charge in [0.25, 0.3) is 0 Å². The summed E-state index contributed by atoms with van der Waals surface area (Å²) in [5, 5.41) is 3.68. The molecule has 0 unspecified atom stereocenters. The summed E-state index contributed by atoms with van der Waals surface area (Å²) in [4.78, 5) is 25.7. The molecular weight excluding hydrogens is 274 g/mol. The molecule has 3 heteroatoms. The number of carbonyl (C=O) groups is 2. The molecule has 0 saturated heterocycles. The lowest BCUT2D eigenvalue weighted by Crippen LogP contribution is -2.46. The summed E-state index contributed by atoms with van der Waals surface area (Å²) < 4.78 is 0. The van der Waals surface area contributed by atoms with E-state index in [0.29, 0.717) is 17.5 Å². The SMILES string of the molecule is O=C1C2=C(CC3(CCCCC3)NCC2)C(=O)c2ccccc21. The van der Waals surface area contributed by atoms with Gasteiger partial charge in [-0.15, -0.1) is 0 Å². The summed E-state index contributed by atoms with van der Waals surface area (Å²) in [6.45, 7) is 0.806. The number of fused-ring (bicyclic) bond motifs is 1. The molecule has 22 heavy (non-hydrogen) atoms. The minimum Gasteiger partial charge on any atom is -0.311 e. The van der Waals surface area contributed by atoms with Crippen LogP contribution in [0.1, 0.15) is 65.7 Å². The third kappa shape index (κ3) is 2.07. The van der Waals surface area contributed by atoms with Crippen LogP contribution in [0.5, 0.6) is 0 Å². The number of carbonyl (C=O) groups excluding carboxylic acids is 2. The van der Waals surface area contributed by atoms with Crippen molar-refractivity contribution in [2.45, 2.75) is 50.5 Å². The molecule has 1 aliphatic heterocycles. The third-order valence-corrected chi connectivity index (χ3v) is 5.53. The molecule has 3 nitrogen and oxygen atoms in total. The van der Waals surface area contributed by atoms with Gasteiger partial charge in [0.2, 0.25) is 0 Å². The van der Waals surface area contributed by atoms with Crippen LogP contribution in [0.4, 0.5) is 0 Å². The third-order valence-electron chi connectivity index (χ3n) is 5.53. The van der Waals surface area contributed by atoms with E-state index in [2.05, 4.69) is 5.32 Å². The van der Waals surface area contributed by atoms with Crippen LogP contribution in [-0.4, -0.2) is 23.7 Å².